The van der Waals surface area contributed by atoms with Crippen LogP contribution in [0.1, 0.15) is 11.1 Å². The predicted octanol–water partition coefficient (Wildman–Crippen LogP) is 5.58. The van der Waals surface area contributed by atoms with E-state index in [1.807, 2.05) is 30.3 Å². The van der Waals surface area contributed by atoms with Crippen LogP contribution in [0.4, 0.5) is 19.1 Å². The highest BCUT2D eigenvalue weighted by Crippen LogP contribution is 2.32. The molecular formula is C21H14F3NO2. The van der Waals surface area contributed by atoms with E-state index in [-0.39, 0.29) is 23.4 Å². The average Bonchev–Trinajstić information content (AvgIpc) is 2.66. The third-order valence-corrected chi connectivity index (χ3v) is 4.40. The first-order valence-electron chi connectivity index (χ1n) is 8.28. The molecule has 0 atom stereocenters. The Morgan fingerprint density at radius 2 is 1.63 bits per heavy atom. The predicted molar refractivity (Wildman–Crippen MR) is 98.8 cm³/mol. The van der Waals surface area contributed by atoms with Gasteiger partial charge in [-0.2, -0.15) is 13.2 Å². The van der Waals surface area contributed by atoms with Crippen molar-refractivity contribution in [2.24, 2.45) is 0 Å². The largest absolute Gasteiger partial charge is 0.440 e. The number of benzene rings is 3. The smallest absolute Gasteiger partial charge is 0.416 e. The van der Waals surface area contributed by atoms with Gasteiger partial charge in [-0.05, 0) is 23.1 Å². The molecule has 0 amide bonds. The van der Waals surface area contributed by atoms with Crippen molar-refractivity contribution in [2.45, 2.75) is 12.7 Å². The van der Waals surface area contributed by atoms with E-state index in [1.165, 1.54) is 24.3 Å². The third-order valence-electron chi connectivity index (χ3n) is 4.40. The molecule has 0 saturated heterocycles. The van der Waals surface area contributed by atoms with E-state index in [0.717, 1.165) is 16.8 Å². The number of hydrogen-bond donors (Lipinski definition) is 1. The van der Waals surface area contributed by atoms with Crippen LogP contribution in [-0.4, -0.2) is 0 Å². The summed E-state index contributed by atoms with van der Waals surface area (Å²) in [5, 5.41) is 4.91. The second-order valence-electron chi connectivity index (χ2n) is 6.15. The molecule has 1 heterocycles. The first-order chi connectivity index (χ1) is 12.9. The second-order valence-corrected chi connectivity index (χ2v) is 6.15. The molecule has 6 heteroatoms. The van der Waals surface area contributed by atoms with Crippen LogP contribution in [-0.2, 0) is 12.7 Å². The van der Waals surface area contributed by atoms with E-state index >= 15 is 0 Å². The van der Waals surface area contributed by atoms with Gasteiger partial charge in [-0.25, -0.2) is 0 Å². The van der Waals surface area contributed by atoms with E-state index in [9.17, 15) is 18.0 Å². The summed E-state index contributed by atoms with van der Waals surface area (Å²) in [7, 11) is 0. The highest BCUT2D eigenvalue weighted by molar-refractivity contribution is 6.04. The number of rotatable bonds is 3. The molecule has 0 aliphatic heterocycles. The molecule has 0 radical (unpaired) electrons. The molecule has 1 aromatic heterocycles. The summed E-state index contributed by atoms with van der Waals surface area (Å²) in [6.45, 7) is -0.116. The Kier molecular flexibility index (Phi) is 4.11. The summed E-state index contributed by atoms with van der Waals surface area (Å²) in [5.41, 5.74) is -0.488. The lowest BCUT2D eigenvalue weighted by Gasteiger charge is -2.13. The quantitative estimate of drug-likeness (QED) is 0.480. The highest BCUT2D eigenvalue weighted by atomic mass is 19.4. The molecule has 3 nitrogen and oxygen atoms in total. The standard InChI is InChI=1S/C21H14F3NO2/c22-21(23,24)17-8-4-2-6-14(17)12-25-19-11-18(26)16-10-9-13-5-1-3-7-15(13)20(16)27-19/h1-11,25H,12H2. The monoisotopic (exact) mass is 369 g/mol. The van der Waals surface area contributed by atoms with Crippen LogP contribution >= 0.6 is 0 Å². The number of nitrogens with one attached hydrogen (secondary N) is 1. The van der Waals surface area contributed by atoms with Crippen LogP contribution in [0.25, 0.3) is 21.7 Å². The molecule has 0 spiro atoms. The molecular weight excluding hydrogens is 355 g/mol. The van der Waals surface area contributed by atoms with Crippen LogP contribution in [0.15, 0.2) is 75.9 Å². The van der Waals surface area contributed by atoms with Crippen molar-refractivity contribution >= 4 is 27.6 Å². The topological polar surface area (TPSA) is 42.2 Å². The van der Waals surface area contributed by atoms with Crippen molar-refractivity contribution in [1.82, 2.24) is 0 Å². The Morgan fingerprint density at radius 3 is 2.44 bits per heavy atom. The Hall–Kier alpha value is -3.28. The lowest BCUT2D eigenvalue weighted by atomic mass is 10.1. The van der Waals surface area contributed by atoms with Crippen LogP contribution in [0.2, 0.25) is 0 Å². The molecule has 3 aromatic carbocycles. The molecule has 4 aromatic rings. The SMILES string of the molecule is O=c1cc(NCc2ccccc2C(F)(F)F)oc2c1ccc1ccccc12. The summed E-state index contributed by atoms with van der Waals surface area (Å²) in [4.78, 5) is 12.4. The van der Waals surface area contributed by atoms with Crippen molar-refractivity contribution < 1.29 is 17.6 Å². The lowest BCUT2D eigenvalue weighted by molar-refractivity contribution is -0.138. The number of anilines is 1. The Morgan fingerprint density at radius 1 is 0.889 bits per heavy atom. The summed E-state index contributed by atoms with van der Waals surface area (Å²) in [6, 6.07) is 17.5. The molecule has 1 N–H and O–H groups in total. The Labute approximate surface area is 152 Å². The Balaban J connectivity index is 1.74. The maximum Gasteiger partial charge on any atom is 0.416 e. The zero-order chi connectivity index (χ0) is 19.0. The molecule has 0 bridgehead atoms. The van der Waals surface area contributed by atoms with Gasteiger partial charge in [0.2, 0.25) is 0 Å². The van der Waals surface area contributed by atoms with E-state index in [2.05, 4.69) is 5.32 Å². The number of halogens is 3. The summed E-state index contributed by atoms with van der Waals surface area (Å²) >= 11 is 0. The van der Waals surface area contributed by atoms with Crippen molar-refractivity contribution in [3.63, 3.8) is 0 Å². The fraction of sp³-hybridized carbons (Fsp3) is 0.0952. The molecule has 136 valence electrons. The van der Waals surface area contributed by atoms with Crippen LogP contribution in [0.3, 0.4) is 0 Å². The van der Waals surface area contributed by atoms with E-state index in [4.69, 9.17) is 4.42 Å². The van der Waals surface area contributed by atoms with Gasteiger partial charge in [-0.3, -0.25) is 4.79 Å². The van der Waals surface area contributed by atoms with Gasteiger partial charge in [-0.1, -0.05) is 48.5 Å². The van der Waals surface area contributed by atoms with Gasteiger partial charge in [0, 0.05) is 18.0 Å². The maximum atomic E-state index is 13.1. The third kappa shape index (κ3) is 3.26. The number of fused-ring (bicyclic) bond motifs is 3. The average molecular weight is 369 g/mol. The molecule has 0 unspecified atom stereocenters. The Bertz CT molecular complexity index is 1200. The molecule has 0 aliphatic carbocycles. The van der Waals surface area contributed by atoms with Crippen molar-refractivity contribution in [3.05, 3.63) is 88.1 Å². The van der Waals surface area contributed by atoms with Gasteiger partial charge in [0.25, 0.3) is 0 Å². The fourth-order valence-corrected chi connectivity index (χ4v) is 3.10. The minimum atomic E-state index is -4.45. The zero-order valence-electron chi connectivity index (χ0n) is 14.0. The maximum absolute atomic E-state index is 13.1. The van der Waals surface area contributed by atoms with E-state index in [0.29, 0.717) is 11.0 Å². The molecule has 0 saturated carbocycles. The molecule has 4 rings (SSSR count). The molecule has 0 fully saturated rings. The minimum absolute atomic E-state index is 0.0747. The van der Waals surface area contributed by atoms with Crippen LogP contribution < -0.4 is 10.7 Å². The lowest BCUT2D eigenvalue weighted by Crippen LogP contribution is -2.12. The van der Waals surface area contributed by atoms with Crippen LogP contribution in [0.5, 0.6) is 0 Å². The van der Waals surface area contributed by atoms with Gasteiger partial charge >= 0.3 is 6.18 Å². The van der Waals surface area contributed by atoms with Crippen molar-refractivity contribution in [2.75, 3.05) is 5.32 Å². The van der Waals surface area contributed by atoms with Gasteiger partial charge < -0.3 is 9.73 Å². The normalized spacial score (nSPS) is 11.8. The van der Waals surface area contributed by atoms with Crippen molar-refractivity contribution in [1.29, 1.82) is 0 Å². The van der Waals surface area contributed by atoms with Gasteiger partial charge in [-0.15, -0.1) is 0 Å². The number of hydrogen-bond acceptors (Lipinski definition) is 3. The summed E-state index contributed by atoms with van der Waals surface area (Å²) in [6.07, 6.45) is -4.45. The van der Waals surface area contributed by atoms with Gasteiger partial charge in [0.1, 0.15) is 5.58 Å². The van der Waals surface area contributed by atoms with Gasteiger partial charge in [0.15, 0.2) is 11.3 Å². The van der Waals surface area contributed by atoms with Gasteiger partial charge in [0.05, 0.1) is 10.9 Å². The minimum Gasteiger partial charge on any atom is -0.440 e. The van der Waals surface area contributed by atoms with E-state index < -0.39 is 11.7 Å². The van der Waals surface area contributed by atoms with E-state index in [1.54, 1.807) is 6.07 Å². The highest BCUT2D eigenvalue weighted by Gasteiger charge is 2.32. The zero-order valence-corrected chi connectivity index (χ0v) is 14.0. The van der Waals surface area contributed by atoms with Crippen molar-refractivity contribution in [3.8, 4) is 0 Å². The number of alkyl halides is 3. The summed E-state index contributed by atoms with van der Waals surface area (Å²) in [5.74, 6) is 0.126. The second kappa shape index (κ2) is 6.46. The molecule has 27 heavy (non-hydrogen) atoms. The van der Waals surface area contributed by atoms with Crippen LogP contribution in [0, 0.1) is 0 Å². The first kappa shape index (κ1) is 17.1. The summed E-state index contributed by atoms with van der Waals surface area (Å²) < 4.78 is 45.2. The fourth-order valence-electron chi connectivity index (χ4n) is 3.10. The first-order valence-corrected chi connectivity index (χ1v) is 8.28. The molecule has 0 aliphatic rings.